The van der Waals surface area contributed by atoms with E-state index in [0.717, 1.165) is 11.2 Å². The van der Waals surface area contributed by atoms with Gasteiger partial charge in [0.2, 0.25) is 0 Å². The number of hydrogen-bond donors (Lipinski definition) is 1. The van der Waals surface area contributed by atoms with E-state index in [2.05, 4.69) is 4.99 Å². The van der Waals surface area contributed by atoms with E-state index < -0.39 is 33.5 Å². The Bertz CT molecular complexity index is 817. The predicted octanol–water partition coefficient (Wildman–Crippen LogP) is 1.60. The minimum Gasteiger partial charge on any atom is -0.360 e. The van der Waals surface area contributed by atoms with Crippen LogP contribution in [0.5, 0.6) is 0 Å². The van der Waals surface area contributed by atoms with Crippen LogP contribution in [-0.4, -0.2) is 49.3 Å². The van der Waals surface area contributed by atoms with Gasteiger partial charge in [-0.05, 0) is 23.8 Å². The zero-order valence-electron chi connectivity index (χ0n) is 11.9. The van der Waals surface area contributed by atoms with Crippen molar-refractivity contribution >= 4 is 27.4 Å². The minimum absolute atomic E-state index is 0.114. The fourth-order valence-electron chi connectivity index (χ4n) is 2.79. The lowest BCUT2D eigenvalue weighted by atomic mass is 10.0. The normalized spacial score (nSPS) is 26.7. The van der Waals surface area contributed by atoms with Crippen molar-refractivity contribution in [1.29, 1.82) is 0 Å². The van der Waals surface area contributed by atoms with Crippen LogP contribution in [0.4, 0.5) is 18.9 Å². The molecule has 0 saturated heterocycles. The third kappa shape index (κ3) is 2.53. The third-order valence-electron chi connectivity index (χ3n) is 3.79. The smallest absolute Gasteiger partial charge is 0.360 e. The Kier molecular flexibility index (Phi) is 3.35. The molecule has 23 heavy (non-hydrogen) atoms. The summed E-state index contributed by atoms with van der Waals surface area (Å²) in [6.07, 6.45) is -1.37. The summed E-state index contributed by atoms with van der Waals surface area (Å²) < 4.78 is 63.4. The van der Waals surface area contributed by atoms with Crippen LogP contribution < -0.4 is 4.90 Å². The van der Waals surface area contributed by atoms with Crippen LogP contribution in [0.15, 0.2) is 35.3 Å². The van der Waals surface area contributed by atoms with Crippen molar-refractivity contribution < 1.29 is 26.7 Å². The van der Waals surface area contributed by atoms with Crippen molar-refractivity contribution in [3.63, 3.8) is 0 Å². The highest BCUT2D eigenvalue weighted by molar-refractivity contribution is 7.90. The molecule has 0 amide bonds. The maximum atomic E-state index is 13.4. The van der Waals surface area contributed by atoms with Gasteiger partial charge in [0.15, 0.2) is 0 Å². The minimum atomic E-state index is -5.10. The molecule has 0 spiro atoms. The Morgan fingerprint density at radius 1 is 1.30 bits per heavy atom. The SMILES string of the molecule is CS(=O)(=O)C[C@@H]1N2C(=N[C@@]1(O)C(F)(F)F)C=Cc1ccccc12. The van der Waals surface area contributed by atoms with Crippen molar-refractivity contribution in [1.82, 2.24) is 0 Å². The van der Waals surface area contributed by atoms with E-state index in [4.69, 9.17) is 0 Å². The number of sulfone groups is 1. The molecule has 2 aliphatic rings. The van der Waals surface area contributed by atoms with Crippen LogP contribution in [0.25, 0.3) is 6.08 Å². The van der Waals surface area contributed by atoms with Crippen molar-refractivity contribution in [2.45, 2.75) is 17.9 Å². The Labute approximate surface area is 130 Å². The van der Waals surface area contributed by atoms with E-state index in [1.165, 1.54) is 6.08 Å². The second-order valence-corrected chi connectivity index (χ2v) is 7.75. The number of fused-ring (bicyclic) bond motifs is 3. The number of alkyl halides is 3. The highest BCUT2D eigenvalue weighted by Gasteiger charge is 2.65. The molecule has 0 radical (unpaired) electrons. The molecule has 0 bridgehead atoms. The summed E-state index contributed by atoms with van der Waals surface area (Å²) in [7, 11) is -3.79. The van der Waals surface area contributed by atoms with Gasteiger partial charge in [-0.1, -0.05) is 18.2 Å². The van der Waals surface area contributed by atoms with Gasteiger partial charge < -0.3 is 10.0 Å². The quantitative estimate of drug-likeness (QED) is 0.883. The number of anilines is 1. The largest absolute Gasteiger partial charge is 0.440 e. The van der Waals surface area contributed by atoms with Gasteiger partial charge in [0.05, 0.1) is 11.4 Å². The average molecular weight is 346 g/mol. The summed E-state index contributed by atoms with van der Waals surface area (Å²) in [5, 5.41) is 10.2. The fourth-order valence-corrected chi connectivity index (χ4v) is 3.75. The molecule has 0 aromatic heterocycles. The Morgan fingerprint density at radius 3 is 2.57 bits per heavy atom. The van der Waals surface area contributed by atoms with E-state index >= 15 is 0 Å². The van der Waals surface area contributed by atoms with E-state index in [-0.39, 0.29) is 5.84 Å². The summed E-state index contributed by atoms with van der Waals surface area (Å²) >= 11 is 0. The number of aliphatic hydroxyl groups is 1. The van der Waals surface area contributed by atoms with Gasteiger partial charge in [-0.3, -0.25) is 0 Å². The van der Waals surface area contributed by atoms with Crippen LogP contribution >= 0.6 is 0 Å². The first-order valence-electron chi connectivity index (χ1n) is 6.66. The molecule has 1 aromatic carbocycles. The summed E-state index contributed by atoms with van der Waals surface area (Å²) in [5.41, 5.74) is -2.48. The van der Waals surface area contributed by atoms with Gasteiger partial charge in [0, 0.05) is 6.26 Å². The maximum absolute atomic E-state index is 13.4. The van der Waals surface area contributed by atoms with E-state index in [1.807, 2.05) is 0 Å². The second-order valence-electron chi connectivity index (χ2n) is 5.56. The monoisotopic (exact) mass is 346 g/mol. The third-order valence-corrected chi connectivity index (χ3v) is 4.72. The molecular formula is C14H13F3N2O3S. The molecule has 9 heteroatoms. The van der Waals surface area contributed by atoms with Crippen molar-refractivity contribution in [3.8, 4) is 0 Å². The molecule has 5 nitrogen and oxygen atoms in total. The van der Waals surface area contributed by atoms with Crippen LogP contribution in [-0.2, 0) is 9.84 Å². The van der Waals surface area contributed by atoms with Crippen LogP contribution in [0, 0.1) is 0 Å². The Hall–Kier alpha value is -1.87. The lowest BCUT2D eigenvalue weighted by molar-refractivity contribution is -0.258. The number of amidine groups is 1. The Morgan fingerprint density at radius 2 is 1.96 bits per heavy atom. The molecule has 2 aliphatic heterocycles. The number of aliphatic imine (C=N–C) groups is 1. The van der Waals surface area contributed by atoms with Gasteiger partial charge in [-0.2, -0.15) is 13.2 Å². The van der Waals surface area contributed by atoms with Crippen LogP contribution in [0.2, 0.25) is 0 Å². The molecule has 0 aliphatic carbocycles. The molecule has 3 rings (SSSR count). The number of nitrogens with zero attached hydrogens (tertiary/aromatic N) is 2. The van der Waals surface area contributed by atoms with E-state index in [0.29, 0.717) is 11.3 Å². The highest BCUT2D eigenvalue weighted by atomic mass is 32.2. The standard InChI is InChI=1S/C14H13F3N2O3S/c1-23(21,22)8-11-13(20,14(15,16)17)18-12-7-6-9-4-2-3-5-10(9)19(11)12/h2-7,11,20H,8H2,1H3/t11-,13-/m0/s1. The zero-order chi connectivity index (χ0) is 17.0. The van der Waals surface area contributed by atoms with Crippen LogP contribution in [0.3, 0.4) is 0 Å². The number of halogens is 3. The molecule has 1 N–H and O–H groups in total. The van der Waals surface area contributed by atoms with Crippen molar-refractivity contribution in [3.05, 3.63) is 35.9 Å². The predicted molar refractivity (Wildman–Crippen MR) is 79.9 cm³/mol. The van der Waals surface area contributed by atoms with Gasteiger partial charge in [0.1, 0.15) is 21.7 Å². The zero-order valence-corrected chi connectivity index (χ0v) is 12.8. The summed E-state index contributed by atoms with van der Waals surface area (Å²) in [5.74, 6) is -0.991. The van der Waals surface area contributed by atoms with Gasteiger partial charge in [0.25, 0.3) is 5.72 Å². The lowest BCUT2D eigenvalue weighted by Crippen LogP contribution is -2.58. The number of para-hydroxylation sites is 1. The number of benzene rings is 1. The van der Waals surface area contributed by atoms with Crippen LogP contribution in [0.1, 0.15) is 5.56 Å². The summed E-state index contributed by atoms with van der Waals surface area (Å²) in [6, 6.07) is 4.80. The Balaban J connectivity index is 2.18. The molecular weight excluding hydrogens is 333 g/mol. The molecule has 2 heterocycles. The first-order chi connectivity index (χ1) is 10.5. The summed E-state index contributed by atoms with van der Waals surface area (Å²) in [4.78, 5) is 4.54. The maximum Gasteiger partial charge on any atom is 0.440 e. The van der Waals surface area contributed by atoms with E-state index in [9.17, 15) is 26.7 Å². The molecule has 0 unspecified atom stereocenters. The summed E-state index contributed by atoms with van der Waals surface area (Å²) in [6.45, 7) is 0. The molecule has 0 fully saturated rings. The van der Waals surface area contributed by atoms with Crippen molar-refractivity contribution in [2.24, 2.45) is 4.99 Å². The second kappa shape index (κ2) is 4.81. The molecule has 124 valence electrons. The molecule has 0 saturated carbocycles. The number of rotatable bonds is 2. The van der Waals surface area contributed by atoms with Gasteiger partial charge >= 0.3 is 6.18 Å². The average Bonchev–Trinajstić information content (AvgIpc) is 2.71. The first kappa shape index (κ1) is 16.0. The van der Waals surface area contributed by atoms with E-state index in [1.54, 1.807) is 30.3 Å². The van der Waals surface area contributed by atoms with Gasteiger partial charge in [-0.25, -0.2) is 13.4 Å². The number of hydrogen-bond acceptors (Lipinski definition) is 5. The molecule has 2 atom stereocenters. The van der Waals surface area contributed by atoms with Crippen molar-refractivity contribution in [2.75, 3.05) is 16.9 Å². The highest BCUT2D eigenvalue weighted by Crippen LogP contribution is 2.44. The fraction of sp³-hybridized carbons (Fsp3) is 0.357. The lowest BCUT2D eigenvalue weighted by Gasteiger charge is -2.36. The van der Waals surface area contributed by atoms with Gasteiger partial charge in [-0.15, -0.1) is 0 Å². The first-order valence-corrected chi connectivity index (χ1v) is 8.72. The molecule has 1 aromatic rings. The topological polar surface area (TPSA) is 70.0 Å².